The number of hydrogen-bond donors (Lipinski definition) is 0. The van der Waals surface area contributed by atoms with Gasteiger partial charge in [-0.3, -0.25) is 4.79 Å². The molecule has 98 valence electrons. The number of allylic oxidation sites excluding steroid dienone is 1. The quantitative estimate of drug-likeness (QED) is 0.775. The van der Waals surface area contributed by atoms with E-state index in [4.69, 9.17) is 9.47 Å². The summed E-state index contributed by atoms with van der Waals surface area (Å²) in [5.41, 5.74) is 1.60. The van der Waals surface area contributed by atoms with Crippen LogP contribution in [0.2, 0.25) is 0 Å². The van der Waals surface area contributed by atoms with Gasteiger partial charge in [-0.05, 0) is 66.0 Å². The molecule has 0 unspecified atom stereocenters. The van der Waals surface area contributed by atoms with E-state index in [1.54, 1.807) is 21.0 Å². The second-order valence-electron chi connectivity index (χ2n) is 3.85. The van der Waals surface area contributed by atoms with Gasteiger partial charge in [0.05, 0.1) is 18.2 Å². The Balaban J connectivity index is 3.24. The maximum atomic E-state index is 11.2. The second kappa shape index (κ2) is 6.59. The normalized spacial score (nSPS) is 11.3. The molecule has 0 aliphatic heterocycles. The largest absolute Gasteiger partial charge is 0.492 e. The Hall–Kier alpha value is -1.29. The zero-order valence-electron chi connectivity index (χ0n) is 11.0. The van der Waals surface area contributed by atoms with Gasteiger partial charge in [-0.2, -0.15) is 0 Å². The summed E-state index contributed by atoms with van der Waals surface area (Å²) < 4.78 is 11.6. The summed E-state index contributed by atoms with van der Waals surface area (Å²) in [7, 11) is 1.60. The second-order valence-corrected chi connectivity index (χ2v) is 4.70. The number of methoxy groups -OCH3 is 1. The first-order valence-electron chi connectivity index (χ1n) is 5.69. The first kappa shape index (κ1) is 14.8. The molecule has 1 aromatic carbocycles. The van der Waals surface area contributed by atoms with E-state index in [1.165, 1.54) is 0 Å². The molecule has 4 heteroatoms. The number of carbonyl (C=O) groups is 1. The van der Waals surface area contributed by atoms with Crippen LogP contribution in [0.5, 0.6) is 11.5 Å². The molecule has 0 amide bonds. The number of halogens is 1. The number of ketones is 1. The fraction of sp³-hybridized carbons (Fsp3) is 0.357. The van der Waals surface area contributed by atoms with Crippen molar-refractivity contribution >= 4 is 27.8 Å². The Kier molecular flexibility index (Phi) is 5.41. The van der Waals surface area contributed by atoms with Crippen LogP contribution in [0.3, 0.4) is 0 Å². The van der Waals surface area contributed by atoms with Crippen molar-refractivity contribution in [2.75, 3.05) is 13.7 Å². The summed E-state index contributed by atoms with van der Waals surface area (Å²) in [5.74, 6) is 1.38. The van der Waals surface area contributed by atoms with Crippen molar-refractivity contribution in [1.82, 2.24) is 0 Å². The third-order valence-electron chi connectivity index (χ3n) is 2.47. The van der Waals surface area contributed by atoms with E-state index < -0.39 is 0 Å². The van der Waals surface area contributed by atoms with Crippen molar-refractivity contribution in [2.45, 2.75) is 20.8 Å². The van der Waals surface area contributed by atoms with E-state index >= 15 is 0 Å². The van der Waals surface area contributed by atoms with Crippen molar-refractivity contribution in [3.8, 4) is 11.5 Å². The first-order valence-corrected chi connectivity index (χ1v) is 6.48. The van der Waals surface area contributed by atoms with Crippen LogP contribution in [0.4, 0.5) is 0 Å². The number of ether oxygens (including phenoxy) is 2. The van der Waals surface area contributed by atoms with Crippen LogP contribution in [0, 0.1) is 0 Å². The Morgan fingerprint density at radius 2 is 2.06 bits per heavy atom. The molecule has 0 atom stereocenters. The fourth-order valence-electron chi connectivity index (χ4n) is 1.48. The third kappa shape index (κ3) is 3.60. The molecular weight excluding hydrogens is 296 g/mol. The summed E-state index contributed by atoms with van der Waals surface area (Å²) in [6.45, 7) is 5.81. The molecule has 0 fully saturated rings. The molecule has 1 rings (SSSR count). The van der Waals surface area contributed by atoms with Crippen LogP contribution in [0.1, 0.15) is 26.3 Å². The molecule has 0 aliphatic rings. The Morgan fingerprint density at radius 3 is 2.56 bits per heavy atom. The minimum atomic E-state index is 0.0555. The smallest absolute Gasteiger partial charge is 0.174 e. The van der Waals surface area contributed by atoms with E-state index in [2.05, 4.69) is 15.9 Å². The molecule has 0 saturated carbocycles. The van der Waals surface area contributed by atoms with E-state index in [9.17, 15) is 4.79 Å². The maximum absolute atomic E-state index is 11.2. The van der Waals surface area contributed by atoms with Crippen molar-refractivity contribution < 1.29 is 14.3 Å². The van der Waals surface area contributed by atoms with Crippen molar-refractivity contribution in [1.29, 1.82) is 0 Å². The highest BCUT2D eigenvalue weighted by Gasteiger charge is 2.10. The van der Waals surface area contributed by atoms with E-state index in [1.807, 2.05) is 25.1 Å². The van der Waals surface area contributed by atoms with Gasteiger partial charge in [0.1, 0.15) is 0 Å². The van der Waals surface area contributed by atoms with Gasteiger partial charge in [-0.15, -0.1) is 0 Å². The minimum Gasteiger partial charge on any atom is -0.492 e. The van der Waals surface area contributed by atoms with Crippen LogP contribution in [0.25, 0.3) is 6.08 Å². The zero-order chi connectivity index (χ0) is 13.7. The van der Waals surface area contributed by atoms with Gasteiger partial charge in [0.2, 0.25) is 0 Å². The number of benzene rings is 1. The van der Waals surface area contributed by atoms with Crippen molar-refractivity contribution in [2.24, 2.45) is 0 Å². The van der Waals surface area contributed by atoms with Gasteiger partial charge in [0.15, 0.2) is 17.3 Å². The summed E-state index contributed by atoms with van der Waals surface area (Å²) in [6.07, 6.45) is 1.83. The van der Waals surface area contributed by atoms with Gasteiger partial charge in [0, 0.05) is 0 Å². The number of rotatable bonds is 5. The van der Waals surface area contributed by atoms with E-state index in [0.717, 1.165) is 10.0 Å². The first-order chi connectivity index (χ1) is 8.49. The van der Waals surface area contributed by atoms with E-state index in [-0.39, 0.29) is 5.78 Å². The average Bonchev–Trinajstić information content (AvgIpc) is 2.29. The highest BCUT2D eigenvalue weighted by atomic mass is 79.9. The van der Waals surface area contributed by atoms with Crippen LogP contribution >= 0.6 is 15.9 Å². The molecule has 0 N–H and O–H groups in total. The summed E-state index contributed by atoms with van der Waals surface area (Å²) in [6, 6.07) is 3.76. The number of hydrogen-bond acceptors (Lipinski definition) is 3. The van der Waals surface area contributed by atoms with Crippen LogP contribution < -0.4 is 9.47 Å². The van der Waals surface area contributed by atoms with Crippen LogP contribution in [-0.2, 0) is 4.79 Å². The Labute approximate surface area is 116 Å². The monoisotopic (exact) mass is 312 g/mol. The summed E-state index contributed by atoms with van der Waals surface area (Å²) in [4.78, 5) is 11.2. The highest BCUT2D eigenvalue weighted by Crippen LogP contribution is 2.37. The number of Topliss-reactive ketones (excluding diaryl/α,β-unsaturated/α-hetero) is 1. The molecule has 0 bridgehead atoms. The molecule has 18 heavy (non-hydrogen) atoms. The van der Waals surface area contributed by atoms with Crippen molar-refractivity contribution in [3.63, 3.8) is 0 Å². The van der Waals surface area contributed by atoms with Gasteiger partial charge in [-0.1, -0.05) is 0 Å². The molecule has 0 aliphatic carbocycles. The highest BCUT2D eigenvalue weighted by molar-refractivity contribution is 9.10. The van der Waals surface area contributed by atoms with Crippen LogP contribution in [0.15, 0.2) is 22.2 Å². The predicted molar refractivity (Wildman–Crippen MR) is 76.2 cm³/mol. The summed E-state index contributed by atoms with van der Waals surface area (Å²) in [5, 5.41) is 0. The van der Waals surface area contributed by atoms with Gasteiger partial charge in [0.25, 0.3) is 0 Å². The Bertz CT molecular complexity index is 478. The topological polar surface area (TPSA) is 35.5 Å². The molecular formula is C14H17BrO3. The SMILES string of the molecule is CCOc1cc(/C=C(/C)C(C)=O)cc(Br)c1OC. The number of carbonyl (C=O) groups excluding carboxylic acids is 1. The molecule has 0 aromatic heterocycles. The zero-order valence-corrected chi connectivity index (χ0v) is 12.6. The average molecular weight is 313 g/mol. The van der Waals surface area contributed by atoms with Gasteiger partial charge >= 0.3 is 0 Å². The van der Waals surface area contributed by atoms with E-state index in [0.29, 0.717) is 23.7 Å². The summed E-state index contributed by atoms with van der Waals surface area (Å²) >= 11 is 3.44. The lowest BCUT2D eigenvalue weighted by molar-refractivity contribution is -0.113. The molecule has 3 nitrogen and oxygen atoms in total. The lowest BCUT2D eigenvalue weighted by atomic mass is 10.1. The third-order valence-corrected chi connectivity index (χ3v) is 3.06. The van der Waals surface area contributed by atoms with Gasteiger partial charge in [-0.25, -0.2) is 0 Å². The van der Waals surface area contributed by atoms with Gasteiger partial charge < -0.3 is 9.47 Å². The molecule has 0 spiro atoms. The molecule has 0 saturated heterocycles. The standard InChI is InChI=1S/C14H17BrO3/c1-5-18-13-8-11(6-9(2)10(3)16)7-12(15)14(13)17-4/h6-8H,5H2,1-4H3/b9-6-. The molecule has 1 aromatic rings. The predicted octanol–water partition coefficient (Wildman–Crippen LogP) is 3.85. The van der Waals surface area contributed by atoms with Crippen molar-refractivity contribution in [3.05, 3.63) is 27.7 Å². The molecule has 0 heterocycles. The Morgan fingerprint density at radius 1 is 1.39 bits per heavy atom. The van der Waals surface area contributed by atoms with Crippen LogP contribution in [-0.4, -0.2) is 19.5 Å². The minimum absolute atomic E-state index is 0.0555. The lowest BCUT2D eigenvalue weighted by Gasteiger charge is -2.12. The molecule has 0 radical (unpaired) electrons. The fourth-order valence-corrected chi connectivity index (χ4v) is 2.11. The lowest BCUT2D eigenvalue weighted by Crippen LogP contribution is -1.97. The maximum Gasteiger partial charge on any atom is 0.174 e.